The van der Waals surface area contributed by atoms with Crippen LogP contribution < -0.4 is 5.73 Å². The number of oxazole rings is 1. The number of nitrogens with two attached hydrogens (primary N) is 1. The van der Waals surface area contributed by atoms with E-state index >= 15 is 0 Å². The molecule has 0 atom stereocenters. The molecule has 0 aliphatic carbocycles. The van der Waals surface area contributed by atoms with Gasteiger partial charge >= 0.3 is 0 Å². The van der Waals surface area contributed by atoms with Crippen molar-refractivity contribution in [2.24, 2.45) is 5.73 Å². The molecule has 0 unspecified atom stereocenters. The molecule has 0 saturated carbocycles. The maximum absolute atomic E-state index is 5.49. The Balaban J connectivity index is 2.43. The minimum atomic E-state index is 0.367. The molecule has 0 aliphatic rings. The summed E-state index contributed by atoms with van der Waals surface area (Å²) in [7, 11) is 0. The highest BCUT2D eigenvalue weighted by atomic mass is 16.4. The maximum atomic E-state index is 5.49. The quantitative estimate of drug-likeness (QED) is 0.777. The van der Waals surface area contributed by atoms with Crippen LogP contribution in [0.4, 0.5) is 0 Å². The number of nitrogens with zero attached hydrogens (tertiary/aromatic N) is 2. The van der Waals surface area contributed by atoms with Gasteiger partial charge in [-0.2, -0.15) is 0 Å². The normalized spacial score (nSPS) is 10.4. The summed E-state index contributed by atoms with van der Waals surface area (Å²) in [5, 5.41) is 0. The number of aryl methyl sites for hydroxylation is 1. The van der Waals surface area contributed by atoms with Gasteiger partial charge in [0.1, 0.15) is 11.5 Å². The van der Waals surface area contributed by atoms with Gasteiger partial charge in [0.25, 0.3) is 0 Å². The van der Waals surface area contributed by atoms with Crippen LogP contribution in [0, 0.1) is 6.92 Å². The Morgan fingerprint density at radius 2 is 2.29 bits per heavy atom. The summed E-state index contributed by atoms with van der Waals surface area (Å²) in [6, 6.07) is 5.60. The van der Waals surface area contributed by atoms with E-state index in [2.05, 4.69) is 9.97 Å². The second-order valence-electron chi connectivity index (χ2n) is 2.95. The fourth-order valence-electron chi connectivity index (χ4n) is 1.22. The van der Waals surface area contributed by atoms with E-state index in [1.165, 1.54) is 0 Å². The Morgan fingerprint density at radius 1 is 1.43 bits per heavy atom. The lowest BCUT2D eigenvalue weighted by Gasteiger charge is -1.91. The van der Waals surface area contributed by atoms with Gasteiger partial charge in [0.2, 0.25) is 5.89 Å². The average molecular weight is 189 g/mol. The third kappa shape index (κ3) is 1.52. The lowest BCUT2D eigenvalue weighted by molar-refractivity contribution is 0.517. The Bertz CT molecular complexity index is 422. The molecule has 14 heavy (non-hydrogen) atoms. The van der Waals surface area contributed by atoms with Gasteiger partial charge in [-0.25, -0.2) is 4.98 Å². The van der Waals surface area contributed by atoms with Crippen molar-refractivity contribution in [1.29, 1.82) is 0 Å². The van der Waals surface area contributed by atoms with Crippen molar-refractivity contribution in [2.75, 3.05) is 0 Å². The largest absolute Gasteiger partial charge is 0.438 e. The molecule has 2 heterocycles. The summed E-state index contributed by atoms with van der Waals surface area (Å²) in [5.41, 5.74) is 7.05. The van der Waals surface area contributed by atoms with E-state index in [4.69, 9.17) is 10.2 Å². The first-order valence-corrected chi connectivity index (χ1v) is 4.39. The van der Waals surface area contributed by atoms with Crippen LogP contribution >= 0.6 is 0 Å². The first-order valence-electron chi connectivity index (χ1n) is 4.39. The van der Waals surface area contributed by atoms with Gasteiger partial charge in [-0.1, -0.05) is 6.07 Å². The molecule has 2 aromatic heterocycles. The number of hydrogen-bond acceptors (Lipinski definition) is 4. The molecule has 0 radical (unpaired) electrons. The Labute approximate surface area is 81.8 Å². The molecule has 4 heteroatoms. The van der Waals surface area contributed by atoms with Gasteiger partial charge in [0.15, 0.2) is 0 Å². The molecule has 72 valence electrons. The number of pyridine rings is 1. The van der Waals surface area contributed by atoms with Gasteiger partial charge in [0, 0.05) is 6.20 Å². The van der Waals surface area contributed by atoms with Crippen molar-refractivity contribution >= 4 is 0 Å². The van der Waals surface area contributed by atoms with Crippen molar-refractivity contribution in [2.45, 2.75) is 13.5 Å². The number of aromatic nitrogens is 2. The third-order valence-electron chi connectivity index (χ3n) is 1.96. The first kappa shape index (κ1) is 8.90. The third-order valence-corrected chi connectivity index (χ3v) is 1.96. The first-order chi connectivity index (χ1) is 6.81. The van der Waals surface area contributed by atoms with Crippen LogP contribution in [-0.4, -0.2) is 9.97 Å². The standard InChI is InChI=1S/C10H11N3O/c1-7-9(6-11)14-10(13-7)8-4-2-3-5-12-8/h2-5H,6,11H2,1H3. The Hall–Kier alpha value is -1.68. The van der Waals surface area contributed by atoms with Crippen LogP contribution in [0.2, 0.25) is 0 Å². The highest BCUT2D eigenvalue weighted by molar-refractivity contribution is 5.46. The lowest BCUT2D eigenvalue weighted by Crippen LogP contribution is -1.95. The van der Waals surface area contributed by atoms with Crippen molar-refractivity contribution in [3.8, 4) is 11.6 Å². The van der Waals surface area contributed by atoms with Crippen LogP contribution in [0.25, 0.3) is 11.6 Å². The molecule has 0 amide bonds. The van der Waals surface area contributed by atoms with Gasteiger partial charge in [0.05, 0.1) is 12.2 Å². The molecule has 0 spiro atoms. The number of hydrogen-bond donors (Lipinski definition) is 1. The van der Waals surface area contributed by atoms with E-state index in [0.29, 0.717) is 18.2 Å². The summed E-state index contributed by atoms with van der Waals surface area (Å²) in [6.07, 6.45) is 1.71. The minimum absolute atomic E-state index is 0.367. The SMILES string of the molecule is Cc1nc(-c2ccccn2)oc1CN. The highest BCUT2D eigenvalue weighted by Crippen LogP contribution is 2.18. The zero-order valence-electron chi connectivity index (χ0n) is 7.90. The van der Waals surface area contributed by atoms with E-state index in [9.17, 15) is 0 Å². The van der Waals surface area contributed by atoms with Crippen molar-refractivity contribution < 1.29 is 4.42 Å². The Morgan fingerprint density at radius 3 is 2.86 bits per heavy atom. The topological polar surface area (TPSA) is 64.9 Å². The molecule has 0 fully saturated rings. The van der Waals surface area contributed by atoms with E-state index in [-0.39, 0.29) is 0 Å². The Kier molecular flexibility index (Phi) is 2.28. The molecule has 0 saturated heterocycles. The van der Waals surface area contributed by atoms with Crippen molar-refractivity contribution in [3.63, 3.8) is 0 Å². The second kappa shape index (κ2) is 3.59. The second-order valence-corrected chi connectivity index (χ2v) is 2.95. The monoisotopic (exact) mass is 189 g/mol. The van der Waals surface area contributed by atoms with Gasteiger partial charge in [-0.05, 0) is 19.1 Å². The molecule has 0 aliphatic heterocycles. The average Bonchev–Trinajstić information content (AvgIpc) is 2.61. The van der Waals surface area contributed by atoms with E-state index < -0.39 is 0 Å². The van der Waals surface area contributed by atoms with Crippen molar-refractivity contribution in [3.05, 3.63) is 35.9 Å². The fourth-order valence-corrected chi connectivity index (χ4v) is 1.22. The smallest absolute Gasteiger partial charge is 0.245 e. The van der Waals surface area contributed by atoms with Crippen LogP contribution in [-0.2, 0) is 6.54 Å². The molecule has 2 aromatic rings. The van der Waals surface area contributed by atoms with Crippen LogP contribution in [0.5, 0.6) is 0 Å². The minimum Gasteiger partial charge on any atom is -0.438 e. The summed E-state index contributed by atoms with van der Waals surface area (Å²) >= 11 is 0. The van der Waals surface area contributed by atoms with Crippen LogP contribution in [0.15, 0.2) is 28.8 Å². The summed E-state index contributed by atoms with van der Waals surface area (Å²) in [5.74, 6) is 1.24. The lowest BCUT2D eigenvalue weighted by atomic mass is 10.3. The summed E-state index contributed by atoms with van der Waals surface area (Å²) in [4.78, 5) is 8.38. The summed E-state index contributed by atoms with van der Waals surface area (Å²) in [6.45, 7) is 2.24. The molecule has 0 bridgehead atoms. The van der Waals surface area contributed by atoms with Gasteiger partial charge in [-0.3, -0.25) is 4.98 Å². The molecule has 0 aromatic carbocycles. The molecule has 2 rings (SSSR count). The molecule has 4 nitrogen and oxygen atoms in total. The molecular weight excluding hydrogens is 178 g/mol. The zero-order valence-corrected chi connectivity index (χ0v) is 7.90. The van der Waals surface area contributed by atoms with Crippen LogP contribution in [0.1, 0.15) is 11.5 Å². The van der Waals surface area contributed by atoms with E-state index in [1.54, 1.807) is 6.20 Å². The van der Waals surface area contributed by atoms with E-state index in [1.807, 2.05) is 25.1 Å². The highest BCUT2D eigenvalue weighted by Gasteiger charge is 2.09. The summed E-state index contributed by atoms with van der Waals surface area (Å²) < 4.78 is 5.45. The maximum Gasteiger partial charge on any atom is 0.245 e. The predicted molar refractivity (Wildman–Crippen MR) is 52.4 cm³/mol. The van der Waals surface area contributed by atoms with Crippen LogP contribution in [0.3, 0.4) is 0 Å². The zero-order chi connectivity index (χ0) is 9.97. The molecule has 2 N–H and O–H groups in total. The van der Waals surface area contributed by atoms with Gasteiger partial charge in [-0.15, -0.1) is 0 Å². The van der Waals surface area contributed by atoms with E-state index in [0.717, 1.165) is 11.4 Å². The fraction of sp³-hybridized carbons (Fsp3) is 0.200. The molecular formula is C10H11N3O. The number of rotatable bonds is 2. The predicted octanol–water partition coefficient (Wildman–Crippen LogP) is 1.50. The van der Waals surface area contributed by atoms with Crippen molar-refractivity contribution in [1.82, 2.24) is 9.97 Å². The van der Waals surface area contributed by atoms with Gasteiger partial charge < -0.3 is 10.2 Å².